The Bertz CT molecular complexity index is 639. The zero-order valence-electron chi connectivity index (χ0n) is 12.9. The van der Waals surface area contributed by atoms with Crippen LogP contribution in [0, 0.1) is 0 Å². The first kappa shape index (κ1) is 15.1. The minimum absolute atomic E-state index is 0.906. The zero-order valence-corrected chi connectivity index (χ0v) is 13.8. The Morgan fingerprint density at radius 3 is 1.09 bits per heavy atom. The van der Waals surface area contributed by atoms with E-state index in [4.69, 9.17) is 7.57 Å². The van der Waals surface area contributed by atoms with Gasteiger partial charge in [-0.25, -0.2) is 0 Å². The van der Waals surface area contributed by atoms with E-state index in [0.717, 1.165) is 6.16 Å². The molecule has 0 atom stereocenters. The molecule has 0 heterocycles. The summed E-state index contributed by atoms with van der Waals surface area (Å²) >= 11 is 0. The fourth-order valence-electron chi connectivity index (χ4n) is 3.30. The molecule has 0 saturated carbocycles. The van der Waals surface area contributed by atoms with E-state index >= 15 is 0 Å². The normalized spacial score (nSPS) is 13.2. The van der Waals surface area contributed by atoms with Crippen LogP contribution in [0.2, 0.25) is 0 Å². The molecule has 0 spiro atoms. The van der Waals surface area contributed by atoms with E-state index in [0.29, 0.717) is 0 Å². The van der Waals surface area contributed by atoms with E-state index in [9.17, 15) is 0 Å². The van der Waals surface area contributed by atoms with Gasteiger partial charge in [0, 0.05) is 0 Å². The number of benzene rings is 3. The van der Waals surface area contributed by atoms with Gasteiger partial charge in [-0.3, -0.25) is 0 Å². The second-order valence-corrected chi connectivity index (χ2v) is 10.6. The van der Waals surface area contributed by atoms with Gasteiger partial charge in [0.15, 0.2) is 0 Å². The molecule has 0 bridgehead atoms. The van der Waals surface area contributed by atoms with E-state index < -0.39 is 6.48 Å². The Morgan fingerprint density at radius 2 is 0.864 bits per heavy atom. The first-order chi connectivity index (χ1) is 10.7. The molecule has 3 aromatic carbocycles. The van der Waals surface area contributed by atoms with Crippen molar-refractivity contribution in [1.29, 1.82) is 0 Å². The van der Waals surface area contributed by atoms with E-state index in [1.807, 2.05) is 0 Å². The summed E-state index contributed by atoms with van der Waals surface area (Å²) in [4.78, 5) is 0. The Kier molecular flexibility index (Phi) is 3.93. The van der Waals surface area contributed by atoms with Crippen molar-refractivity contribution in [3.63, 3.8) is 0 Å². The van der Waals surface area contributed by atoms with Crippen molar-refractivity contribution in [3.05, 3.63) is 91.0 Å². The van der Waals surface area contributed by atoms with E-state index in [-0.39, 0.29) is 0 Å². The topological polar surface area (TPSA) is 0 Å². The van der Waals surface area contributed by atoms with Gasteiger partial charge in [0.2, 0.25) is 0 Å². The Morgan fingerprint density at radius 1 is 0.591 bits per heavy atom. The van der Waals surface area contributed by atoms with Crippen LogP contribution in [0.15, 0.2) is 91.0 Å². The van der Waals surface area contributed by atoms with Crippen LogP contribution < -0.4 is 15.9 Å². The molecule has 0 aromatic heterocycles. The standard InChI is InChI=1S/C20H20BP/c1-2-22(21,18-12-6-3-7-13-18,19-14-8-4-9-15-19)20-16-10-5-11-17-20/h3-17H,2H2,1H3. The van der Waals surface area contributed by atoms with Gasteiger partial charge >= 0.3 is 134 Å². The Labute approximate surface area is 134 Å². The first-order valence-corrected chi connectivity index (χ1v) is 10.2. The van der Waals surface area contributed by atoms with Crippen LogP contribution in [0.4, 0.5) is 0 Å². The molecular formula is C20H20BP. The predicted molar refractivity (Wildman–Crippen MR) is 101 cm³/mol. The molecule has 0 aliphatic rings. The fourth-order valence-corrected chi connectivity index (χ4v) is 7.85. The summed E-state index contributed by atoms with van der Waals surface area (Å²) in [5.41, 5.74) is 0. The number of rotatable bonds is 4. The molecule has 3 rings (SSSR count). The van der Waals surface area contributed by atoms with Crippen LogP contribution in [0.3, 0.4) is 0 Å². The van der Waals surface area contributed by atoms with Gasteiger partial charge in [0.05, 0.1) is 0 Å². The summed E-state index contributed by atoms with van der Waals surface area (Å²) in [5, 5.41) is 3.73. The third-order valence-electron chi connectivity index (χ3n) is 4.70. The molecule has 2 heteroatoms. The molecule has 0 unspecified atom stereocenters. The Balaban J connectivity index is 2.41. The minimum atomic E-state index is -2.90. The SMILES string of the molecule is [B]P(CC)(c1ccccc1)(c1ccccc1)c1ccccc1. The monoisotopic (exact) mass is 302 g/mol. The summed E-state index contributed by atoms with van der Waals surface area (Å²) in [6.07, 6.45) is 0.906. The number of hydrogen-bond acceptors (Lipinski definition) is 0. The average Bonchev–Trinajstić information content (AvgIpc) is 2.63. The van der Waals surface area contributed by atoms with Crippen molar-refractivity contribution in [2.24, 2.45) is 0 Å². The van der Waals surface area contributed by atoms with Gasteiger partial charge in [-0.15, -0.1) is 0 Å². The van der Waals surface area contributed by atoms with Gasteiger partial charge in [0.1, 0.15) is 0 Å². The number of hydrogen-bond donors (Lipinski definition) is 0. The quantitative estimate of drug-likeness (QED) is 0.510. The van der Waals surface area contributed by atoms with Crippen molar-refractivity contribution in [1.82, 2.24) is 0 Å². The van der Waals surface area contributed by atoms with Crippen LogP contribution in [-0.4, -0.2) is 13.7 Å². The summed E-state index contributed by atoms with van der Waals surface area (Å²) in [6, 6.07) is 31.8. The summed E-state index contributed by atoms with van der Waals surface area (Å²) in [5.74, 6) is 0. The molecule has 0 aliphatic heterocycles. The third kappa shape index (κ3) is 2.12. The molecule has 2 radical (unpaired) electrons. The average molecular weight is 302 g/mol. The molecule has 22 heavy (non-hydrogen) atoms. The van der Waals surface area contributed by atoms with Crippen molar-refractivity contribution < 1.29 is 0 Å². The first-order valence-electron chi connectivity index (χ1n) is 7.68. The Hall–Kier alpha value is -1.85. The third-order valence-corrected chi connectivity index (χ3v) is 10.4. The maximum absolute atomic E-state index is 7.42. The summed E-state index contributed by atoms with van der Waals surface area (Å²) in [7, 11) is 7.42. The molecule has 0 nitrogen and oxygen atoms in total. The van der Waals surface area contributed by atoms with Gasteiger partial charge < -0.3 is 0 Å². The molecule has 0 N–H and O–H groups in total. The van der Waals surface area contributed by atoms with Crippen LogP contribution in [0.1, 0.15) is 6.92 Å². The van der Waals surface area contributed by atoms with E-state index in [1.165, 1.54) is 15.9 Å². The second kappa shape index (κ2) is 5.74. The maximum atomic E-state index is 7.42. The second-order valence-electron chi connectivity index (χ2n) is 5.70. The van der Waals surface area contributed by atoms with E-state index in [1.54, 1.807) is 0 Å². The predicted octanol–water partition coefficient (Wildman–Crippen LogP) is 3.62. The molecule has 0 aliphatic carbocycles. The zero-order chi connectivity index (χ0) is 15.5. The molecule has 0 fully saturated rings. The van der Waals surface area contributed by atoms with Gasteiger partial charge in [-0.2, -0.15) is 0 Å². The van der Waals surface area contributed by atoms with Crippen molar-refractivity contribution in [2.75, 3.05) is 6.16 Å². The van der Waals surface area contributed by atoms with Crippen LogP contribution in [0.5, 0.6) is 0 Å². The van der Waals surface area contributed by atoms with Crippen molar-refractivity contribution in [3.8, 4) is 0 Å². The van der Waals surface area contributed by atoms with Crippen LogP contribution in [-0.2, 0) is 0 Å². The van der Waals surface area contributed by atoms with Gasteiger partial charge in [0.25, 0.3) is 0 Å². The van der Waals surface area contributed by atoms with Crippen molar-refractivity contribution >= 4 is 30.0 Å². The molecule has 0 amide bonds. The van der Waals surface area contributed by atoms with Crippen LogP contribution >= 0.6 is 6.48 Å². The fraction of sp³-hybridized carbons (Fsp3) is 0.100. The summed E-state index contributed by atoms with van der Waals surface area (Å²) in [6.45, 7) is -0.687. The molecular weight excluding hydrogens is 282 g/mol. The van der Waals surface area contributed by atoms with Gasteiger partial charge in [-0.1, -0.05) is 0 Å². The molecule has 3 aromatic rings. The molecule has 108 valence electrons. The summed E-state index contributed by atoms with van der Waals surface area (Å²) < 4.78 is 0. The molecule has 0 saturated heterocycles. The van der Waals surface area contributed by atoms with Crippen molar-refractivity contribution in [2.45, 2.75) is 6.92 Å². The van der Waals surface area contributed by atoms with Gasteiger partial charge in [-0.05, 0) is 0 Å². The van der Waals surface area contributed by atoms with E-state index in [2.05, 4.69) is 97.9 Å². The van der Waals surface area contributed by atoms with Crippen LogP contribution in [0.25, 0.3) is 0 Å².